The Labute approximate surface area is 185 Å². The van der Waals surface area contributed by atoms with E-state index < -0.39 is 0 Å². The molecule has 0 aliphatic carbocycles. The number of rotatable bonds is 4. The van der Waals surface area contributed by atoms with Crippen molar-refractivity contribution in [1.29, 1.82) is 0 Å². The minimum atomic E-state index is 0.527. The zero-order chi connectivity index (χ0) is 20.8. The van der Waals surface area contributed by atoms with Crippen molar-refractivity contribution >= 4 is 27.4 Å². The molecule has 158 valence electrons. The van der Waals surface area contributed by atoms with Crippen LogP contribution in [-0.2, 0) is 0 Å². The first kappa shape index (κ1) is 18.9. The van der Waals surface area contributed by atoms with E-state index in [0.29, 0.717) is 18.1 Å². The summed E-state index contributed by atoms with van der Waals surface area (Å²) in [5.74, 6) is 0.948. The number of H-pyrrole nitrogens is 1. The Morgan fingerprint density at radius 3 is 2.58 bits per heavy atom. The molecule has 0 saturated carbocycles. The minimum absolute atomic E-state index is 0.527. The molecule has 2 bridgehead atoms. The third kappa shape index (κ3) is 3.40. The van der Waals surface area contributed by atoms with Crippen molar-refractivity contribution in [3.63, 3.8) is 0 Å². The van der Waals surface area contributed by atoms with Gasteiger partial charge in [-0.05, 0) is 25.7 Å². The summed E-state index contributed by atoms with van der Waals surface area (Å²) in [6.45, 7) is 0. The predicted octanol–water partition coefficient (Wildman–Crippen LogP) is 4.25. The number of hydrogen-bond donors (Lipinski definition) is 2. The normalized spacial score (nSPS) is 23.2. The van der Waals surface area contributed by atoms with Crippen molar-refractivity contribution in [2.24, 2.45) is 0 Å². The van der Waals surface area contributed by atoms with Gasteiger partial charge in [-0.25, -0.2) is 9.97 Å². The molecule has 6 rings (SSSR count). The average Bonchev–Trinajstić information content (AvgIpc) is 3.50. The molecule has 2 atom stereocenters. The van der Waals surface area contributed by atoms with Crippen molar-refractivity contribution in [1.82, 2.24) is 30.5 Å². The molecule has 0 amide bonds. The summed E-state index contributed by atoms with van der Waals surface area (Å²) in [5.41, 5.74) is 6.94. The molecule has 0 radical (unpaired) electrons. The van der Waals surface area contributed by atoms with Crippen LogP contribution in [0.2, 0.25) is 0 Å². The molecule has 2 aliphatic heterocycles. The van der Waals surface area contributed by atoms with Gasteiger partial charge in [0.1, 0.15) is 5.82 Å². The Bertz CT molecular complexity index is 1170. The number of aromatic amines is 1. The summed E-state index contributed by atoms with van der Waals surface area (Å²) >= 11 is 1.64. The highest BCUT2D eigenvalue weighted by Crippen LogP contribution is 2.36. The van der Waals surface area contributed by atoms with Crippen LogP contribution < -0.4 is 10.2 Å². The van der Waals surface area contributed by atoms with Gasteiger partial charge in [0.25, 0.3) is 0 Å². The van der Waals surface area contributed by atoms with E-state index in [1.807, 2.05) is 30.3 Å². The number of hydrogen-bond acceptors (Lipinski definition) is 7. The van der Waals surface area contributed by atoms with Crippen LogP contribution in [0.3, 0.4) is 0 Å². The van der Waals surface area contributed by atoms with Crippen LogP contribution in [0.4, 0.5) is 5.82 Å². The number of nitrogens with one attached hydrogen (secondary N) is 2. The summed E-state index contributed by atoms with van der Waals surface area (Å²) in [5, 5.41) is 10.7. The topological polar surface area (TPSA) is 82.6 Å². The first-order valence-corrected chi connectivity index (χ1v) is 11.8. The number of anilines is 1. The Morgan fingerprint density at radius 1 is 1.00 bits per heavy atom. The van der Waals surface area contributed by atoms with E-state index >= 15 is 0 Å². The molecular weight excluding hydrogens is 406 g/mol. The van der Waals surface area contributed by atoms with Crippen molar-refractivity contribution in [3.8, 4) is 22.4 Å². The monoisotopic (exact) mass is 431 g/mol. The van der Waals surface area contributed by atoms with Gasteiger partial charge < -0.3 is 10.2 Å². The molecule has 2 saturated heterocycles. The quantitative estimate of drug-likeness (QED) is 0.503. The summed E-state index contributed by atoms with van der Waals surface area (Å²) in [6.07, 6.45) is 13.9. The molecule has 2 unspecified atom stereocenters. The second-order valence-electron chi connectivity index (χ2n) is 8.67. The summed E-state index contributed by atoms with van der Waals surface area (Å²) in [6, 6.07) is 6.04. The van der Waals surface area contributed by atoms with E-state index in [0.717, 1.165) is 38.4 Å². The van der Waals surface area contributed by atoms with Crippen molar-refractivity contribution in [3.05, 3.63) is 42.4 Å². The number of thiazole rings is 1. The summed E-state index contributed by atoms with van der Waals surface area (Å²) in [7, 11) is 2.16. The minimum Gasteiger partial charge on any atom is -0.355 e. The van der Waals surface area contributed by atoms with Gasteiger partial charge >= 0.3 is 0 Å². The molecule has 5 heterocycles. The van der Waals surface area contributed by atoms with Crippen LogP contribution in [-0.4, -0.2) is 50.3 Å². The first-order valence-electron chi connectivity index (χ1n) is 10.9. The van der Waals surface area contributed by atoms with Crippen molar-refractivity contribution < 1.29 is 0 Å². The number of piperidine rings is 2. The van der Waals surface area contributed by atoms with Gasteiger partial charge in [0, 0.05) is 48.1 Å². The van der Waals surface area contributed by atoms with Gasteiger partial charge in [0.15, 0.2) is 0 Å². The standard InChI is InChI=1S/C23H25N7S/c1-30(17-7-15-3-2-4-16(8-17)29-15)21-12-24-20(11-25-21)19-6-5-18(14-9-27-28-10-14)22-23(19)31-13-26-22/h5-6,9-13,15-17,29H,2-4,7-8H2,1H3,(H,27,28). The fraction of sp³-hybridized carbons (Fsp3) is 0.391. The molecule has 2 aliphatic rings. The molecule has 2 fully saturated rings. The fourth-order valence-electron chi connectivity index (χ4n) is 5.16. The number of fused-ring (bicyclic) bond motifs is 3. The van der Waals surface area contributed by atoms with E-state index in [1.165, 1.54) is 32.1 Å². The molecule has 31 heavy (non-hydrogen) atoms. The molecule has 7 nitrogen and oxygen atoms in total. The number of nitrogens with zero attached hydrogens (tertiary/aromatic N) is 5. The Hall–Kier alpha value is -2.84. The van der Waals surface area contributed by atoms with Gasteiger partial charge in [-0.2, -0.15) is 5.10 Å². The predicted molar refractivity (Wildman–Crippen MR) is 124 cm³/mol. The first-order chi connectivity index (χ1) is 15.3. The second-order valence-corrected chi connectivity index (χ2v) is 9.52. The van der Waals surface area contributed by atoms with Gasteiger partial charge in [-0.15, -0.1) is 11.3 Å². The van der Waals surface area contributed by atoms with Crippen LogP contribution in [0.5, 0.6) is 0 Å². The Kier molecular flexibility index (Phi) is 4.69. The van der Waals surface area contributed by atoms with Crippen molar-refractivity contribution in [2.45, 2.75) is 50.2 Å². The van der Waals surface area contributed by atoms with Crippen LogP contribution in [0.15, 0.2) is 42.4 Å². The zero-order valence-corrected chi connectivity index (χ0v) is 18.3. The smallest absolute Gasteiger partial charge is 0.147 e. The van der Waals surface area contributed by atoms with Crippen LogP contribution in [0.1, 0.15) is 32.1 Å². The van der Waals surface area contributed by atoms with E-state index in [9.17, 15) is 0 Å². The zero-order valence-electron chi connectivity index (χ0n) is 17.5. The number of benzene rings is 1. The van der Waals surface area contributed by atoms with Crippen LogP contribution in [0.25, 0.3) is 32.6 Å². The fourth-order valence-corrected chi connectivity index (χ4v) is 6.00. The molecule has 1 aromatic carbocycles. The van der Waals surface area contributed by atoms with E-state index in [4.69, 9.17) is 9.97 Å². The maximum atomic E-state index is 4.80. The molecule has 2 N–H and O–H groups in total. The van der Waals surface area contributed by atoms with Crippen LogP contribution in [0, 0.1) is 0 Å². The average molecular weight is 432 g/mol. The van der Waals surface area contributed by atoms with E-state index in [-0.39, 0.29) is 0 Å². The Morgan fingerprint density at radius 2 is 1.84 bits per heavy atom. The third-order valence-corrected chi connectivity index (χ3v) is 7.67. The summed E-state index contributed by atoms with van der Waals surface area (Å²) in [4.78, 5) is 16.5. The summed E-state index contributed by atoms with van der Waals surface area (Å²) < 4.78 is 1.13. The van der Waals surface area contributed by atoms with Gasteiger partial charge in [0.2, 0.25) is 0 Å². The van der Waals surface area contributed by atoms with Gasteiger partial charge in [0.05, 0.1) is 40.0 Å². The molecule has 4 aromatic rings. The lowest BCUT2D eigenvalue weighted by atomic mass is 9.83. The lowest BCUT2D eigenvalue weighted by Crippen LogP contribution is -2.54. The highest BCUT2D eigenvalue weighted by atomic mass is 32.1. The van der Waals surface area contributed by atoms with E-state index in [2.05, 4.69) is 44.6 Å². The Balaban J connectivity index is 1.28. The largest absolute Gasteiger partial charge is 0.355 e. The lowest BCUT2D eigenvalue weighted by Gasteiger charge is -2.43. The highest BCUT2D eigenvalue weighted by Gasteiger charge is 2.33. The van der Waals surface area contributed by atoms with Crippen LogP contribution >= 0.6 is 11.3 Å². The molecule has 0 spiro atoms. The van der Waals surface area contributed by atoms with Gasteiger partial charge in [-0.1, -0.05) is 18.6 Å². The lowest BCUT2D eigenvalue weighted by molar-refractivity contribution is 0.219. The second kappa shape index (κ2) is 7.69. The maximum Gasteiger partial charge on any atom is 0.147 e. The van der Waals surface area contributed by atoms with Crippen molar-refractivity contribution in [2.75, 3.05) is 11.9 Å². The maximum absolute atomic E-state index is 4.80. The SMILES string of the molecule is CN(c1cnc(-c2ccc(-c3cn[nH]c3)c3ncsc23)cn1)C1CC2CCCC(C1)N2. The molecular formula is C23H25N7S. The molecule has 3 aromatic heterocycles. The van der Waals surface area contributed by atoms with E-state index in [1.54, 1.807) is 11.3 Å². The molecule has 8 heteroatoms. The third-order valence-electron chi connectivity index (χ3n) is 6.81. The highest BCUT2D eigenvalue weighted by molar-refractivity contribution is 7.17. The number of aromatic nitrogens is 5. The van der Waals surface area contributed by atoms with Gasteiger partial charge in [-0.3, -0.25) is 10.1 Å².